The van der Waals surface area contributed by atoms with Gasteiger partial charge in [0.05, 0.1) is 22.2 Å². The van der Waals surface area contributed by atoms with Gasteiger partial charge in [-0.15, -0.1) is 0 Å². The van der Waals surface area contributed by atoms with Crippen molar-refractivity contribution in [1.82, 2.24) is 14.7 Å². The first-order valence-corrected chi connectivity index (χ1v) is 13.0. The number of benzene rings is 2. The molecule has 3 aromatic rings. The van der Waals surface area contributed by atoms with E-state index in [1.165, 1.54) is 11.8 Å². The van der Waals surface area contributed by atoms with Crippen molar-refractivity contribution in [3.63, 3.8) is 0 Å². The fourth-order valence-electron chi connectivity index (χ4n) is 3.65. The van der Waals surface area contributed by atoms with E-state index in [2.05, 4.69) is 0 Å². The molecule has 1 aliphatic heterocycles. The van der Waals surface area contributed by atoms with Crippen molar-refractivity contribution in [1.29, 1.82) is 0 Å². The summed E-state index contributed by atoms with van der Waals surface area (Å²) in [4.78, 5) is 15.3. The highest BCUT2D eigenvalue weighted by atomic mass is 35.5. The minimum absolute atomic E-state index is 0.0976. The van der Waals surface area contributed by atoms with Gasteiger partial charge < -0.3 is 9.47 Å². The van der Waals surface area contributed by atoms with Gasteiger partial charge in [-0.1, -0.05) is 53.8 Å². The van der Waals surface area contributed by atoms with Crippen LogP contribution in [0.3, 0.4) is 0 Å². The van der Waals surface area contributed by atoms with Crippen LogP contribution in [0.25, 0.3) is 23.0 Å². The van der Waals surface area contributed by atoms with Crippen LogP contribution in [0.1, 0.15) is 25.8 Å². The number of thiocarbonyl (C=S) groups is 1. The number of ether oxygens (including phenoxy) is 2. The summed E-state index contributed by atoms with van der Waals surface area (Å²) in [6.07, 6.45) is 4.50. The molecule has 0 aliphatic carbocycles. The Bertz CT molecular complexity index is 1240. The van der Waals surface area contributed by atoms with Gasteiger partial charge in [0.2, 0.25) is 0 Å². The first kappa shape index (κ1) is 25.4. The Morgan fingerprint density at radius 1 is 1.14 bits per heavy atom. The van der Waals surface area contributed by atoms with Gasteiger partial charge in [0.1, 0.15) is 15.8 Å². The van der Waals surface area contributed by atoms with E-state index in [1.807, 2.05) is 74.7 Å². The number of halogens is 1. The van der Waals surface area contributed by atoms with Gasteiger partial charge in [-0.05, 0) is 56.7 Å². The fourth-order valence-corrected chi connectivity index (χ4v) is 5.19. The topological polar surface area (TPSA) is 56.6 Å². The van der Waals surface area contributed by atoms with Crippen molar-refractivity contribution in [3.05, 3.63) is 70.2 Å². The van der Waals surface area contributed by atoms with Crippen LogP contribution in [0.4, 0.5) is 0 Å². The van der Waals surface area contributed by atoms with E-state index in [4.69, 9.17) is 38.4 Å². The molecule has 0 bridgehead atoms. The van der Waals surface area contributed by atoms with E-state index in [0.29, 0.717) is 52.1 Å². The maximum atomic E-state index is 13.1. The molecule has 0 atom stereocenters. The number of para-hydroxylation sites is 1. The highest BCUT2D eigenvalue weighted by molar-refractivity contribution is 8.26. The summed E-state index contributed by atoms with van der Waals surface area (Å²) in [5.74, 6) is 0.523. The Labute approximate surface area is 219 Å². The molecule has 0 saturated carbocycles. The largest absolute Gasteiger partial charge is 0.492 e. The quantitative estimate of drug-likeness (QED) is 0.177. The van der Waals surface area contributed by atoms with Crippen LogP contribution in [0, 0.1) is 0 Å². The first-order valence-electron chi connectivity index (χ1n) is 11.4. The second-order valence-electron chi connectivity index (χ2n) is 7.68. The normalized spacial score (nSPS) is 14.8. The molecule has 1 saturated heterocycles. The number of amides is 1. The van der Waals surface area contributed by atoms with E-state index in [9.17, 15) is 4.79 Å². The second-order valence-corrected chi connectivity index (χ2v) is 9.76. The van der Waals surface area contributed by atoms with Gasteiger partial charge in [-0.2, -0.15) is 5.10 Å². The van der Waals surface area contributed by atoms with Crippen LogP contribution in [-0.2, 0) is 9.53 Å². The lowest BCUT2D eigenvalue weighted by atomic mass is 10.1. The molecule has 35 heavy (non-hydrogen) atoms. The number of rotatable bonds is 10. The van der Waals surface area contributed by atoms with Gasteiger partial charge in [-0.3, -0.25) is 9.69 Å². The number of thioether (sulfide) groups is 1. The number of nitrogens with zero attached hydrogens (tertiary/aromatic N) is 3. The third-order valence-electron chi connectivity index (χ3n) is 5.30. The highest BCUT2D eigenvalue weighted by Crippen LogP contribution is 2.36. The van der Waals surface area contributed by atoms with Crippen molar-refractivity contribution in [2.75, 3.05) is 26.4 Å². The highest BCUT2D eigenvalue weighted by Gasteiger charge is 2.32. The smallest absolute Gasteiger partial charge is 0.266 e. The van der Waals surface area contributed by atoms with Crippen LogP contribution in [0.5, 0.6) is 5.75 Å². The van der Waals surface area contributed by atoms with E-state index in [1.54, 1.807) is 9.58 Å². The van der Waals surface area contributed by atoms with Crippen LogP contribution in [0.2, 0.25) is 5.02 Å². The zero-order chi connectivity index (χ0) is 24.8. The summed E-state index contributed by atoms with van der Waals surface area (Å²) in [5, 5.41) is 5.34. The molecule has 1 amide bonds. The predicted octanol–water partition coefficient (Wildman–Crippen LogP) is 6.22. The lowest BCUT2D eigenvalue weighted by molar-refractivity contribution is -0.122. The molecule has 1 aliphatic rings. The first-order chi connectivity index (χ1) is 17.0. The molecule has 9 heteroatoms. The predicted molar refractivity (Wildman–Crippen MR) is 146 cm³/mol. The molecule has 0 N–H and O–H groups in total. The third-order valence-corrected chi connectivity index (χ3v) is 6.98. The van der Waals surface area contributed by atoms with E-state index >= 15 is 0 Å². The lowest BCUT2D eigenvalue weighted by Gasteiger charge is -2.13. The standard InChI is InChI=1S/C26H26ClN3O3S2/c1-3-32-14-8-13-29-25(31)23(35-26(29)34)16-19-17-30(20-9-6-5-7-10-20)28-24(19)18-11-12-22(33-4-2)21(27)15-18/h5-7,9-12,15-17H,3-4,8,13-14H2,1-2H3/b23-16-. The van der Waals surface area contributed by atoms with Gasteiger partial charge in [0.25, 0.3) is 5.91 Å². The van der Waals surface area contributed by atoms with Gasteiger partial charge in [0.15, 0.2) is 0 Å². The number of carbonyl (C=O) groups is 1. The van der Waals surface area contributed by atoms with Crippen LogP contribution in [0.15, 0.2) is 59.6 Å². The minimum atomic E-state index is -0.0976. The lowest BCUT2D eigenvalue weighted by Crippen LogP contribution is -2.29. The van der Waals surface area contributed by atoms with Crippen molar-refractivity contribution in [2.24, 2.45) is 0 Å². The molecular weight excluding hydrogens is 502 g/mol. The summed E-state index contributed by atoms with van der Waals surface area (Å²) >= 11 is 13.3. The molecule has 0 unspecified atom stereocenters. The molecule has 182 valence electrons. The summed E-state index contributed by atoms with van der Waals surface area (Å²) in [6, 6.07) is 15.4. The molecule has 2 aromatic carbocycles. The van der Waals surface area contributed by atoms with Crippen molar-refractivity contribution in [3.8, 4) is 22.7 Å². The Morgan fingerprint density at radius 2 is 1.94 bits per heavy atom. The molecule has 1 aromatic heterocycles. The maximum Gasteiger partial charge on any atom is 0.266 e. The summed E-state index contributed by atoms with van der Waals surface area (Å²) in [5.41, 5.74) is 3.24. The number of aromatic nitrogens is 2. The zero-order valence-electron chi connectivity index (χ0n) is 19.6. The zero-order valence-corrected chi connectivity index (χ0v) is 22.0. The molecular formula is C26H26ClN3O3S2. The van der Waals surface area contributed by atoms with Crippen molar-refractivity contribution < 1.29 is 14.3 Å². The second kappa shape index (κ2) is 11.9. The fraction of sp³-hybridized carbons (Fsp3) is 0.269. The minimum Gasteiger partial charge on any atom is -0.492 e. The average molecular weight is 528 g/mol. The molecule has 2 heterocycles. The van der Waals surface area contributed by atoms with E-state index in [-0.39, 0.29) is 5.91 Å². The van der Waals surface area contributed by atoms with Gasteiger partial charge >= 0.3 is 0 Å². The molecule has 0 radical (unpaired) electrons. The Kier molecular flexibility index (Phi) is 8.62. The average Bonchev–Trinajstić information content (AvgIpc) is 3.40. The number of hydrogen-bond donors (Lipinski definition) is 0. The Morgan fingerprint density at radius 3 is 2.66 bits per heavy atom. The van der Waals surface area contributed by atoms with Gasteiger partial charge in [-0.25, -0.2) is 4.68 Å². The molecule has 6 nitrogen and oxygen atoms in total. The van der Waals surface area contributed by atoms with Crippen molar-refractivity contribution in [2.45, 2.75) is 20.3 Å². The molecule has 4 rings (SSSR count). The van der Waals surface area contributed by atoms with E-state index < -0.39 is 0 Å². The summed E-state index contributed by atoms with van der Waals surface area (Å²) < 4.78 is 13.3. The van der Waals surface area contributed by atoms with E-state index in [0.717, 1.165) is 23.2 Å². The SMILES string of the molecule is CCOCCCN1C(=O)/C(=C/c2cn(-c3ccccc3)nc2-c2ccc(OCC)c(Cl)c2)SC1=S. The van der Waals surface area contributed by atoms with Crippen LogP contribution in [-0.4, -0.2) is 51.3 Å². The number of carbonyl (C=O) groups excluding carboxylic acids is 1. The maximum absolute atomic E-state index is 13.1. The third kappa shape index (κ3) is 5.95. The molecule has 1 fully saturated rings. The van der Waals surface area contributed by atoms with Crippen LogP contribution >= 0.6 is 35.6 Å². The Hall–Kier alpha value is -2.65. The Balaban J connectivity index is 1.69. The monoisotopic (exact) mass is 527 g/mol. The summed E-state index contributed by atoms with van der Waals surface area (Å²) in [7, 11) is 0. The molecule has 0 spiro atoms. The van der Waals surface area contributed by atoms with Gasteiger partial charge in [0, 0.05) is 37.1 Å². The van der Waals surface area contributed by atoms with Crippen LogP contribution < -0.4 is 4.74 Å². The van der Waals surface area contributed by atoms with Crippen molar-refractivity contribution >= 4 is 51.9 Å². The number of hydrogen-bond acceptors (Lipinski definition) is 6. The summed E-state index contributed by atoms with van der Waals surface area (Å²) in [6.45, 7) is 6.18.